The molecule has 0 aromatic heterocycles. The summed E-state index contributed by atoms with van der Waals surface area (Å²) in [6.45, 7) is 0.284. The number of carbonyl (C=O) groups excluding carboxylic acids is 1. The lowest BCUT2D eigenvalue weighted by atomic mass is 10.1. The van der Waals surface area contributed by atoms with Crippen molar-refractivity contribution in [2.75, 3.05) is 13.1 Å². The van der Waals surface area contributed by atoms with Gasteiger partial charge in [-0.15, -0.1) is 0 Å². The second-order valence-corrected chi connectivity index (χ2v) is 4.17. The minimum atomic E-state index is -3.11. The van der Waals surface area contributed by atoms with Crippen LogP contribution >= 0.6 is 0 Å². The average Bonchev–Trinajstić information content (AvgIpc) is 2.36. The summed E-state index contributed by atoms with van der Waals surface area (Å²) >= 11 is 0. The zero-order chi connectivity index (χ0) is 13.8. The number of hydrogen-bond acceptors (Lipinski definition) is 3. The van der Waals surface area contributed by atoms with Crippen LogP contribution in [-0.2, 0) is 4.79 Å². The maximum atomic E-state index is 12.9. The van der Waals surface area contributed by atoms with E-state index in [1.54, 1.807) is 24.3 Å². The minimum absolute atomic E-state index is 0.578. The fraction of sp³-hybridized carbons (Fsp3) is 0.417. The van der Waals surface area contributed by atoms with Gasteiger partial charge in [-0.25, -0.2) is 8.78 Å². The maximum Gasteiger partial charge on any atom is 0.277 e. The lowest BCUT2D eigenvalue weighted by Gasteiger charge is -2.17. The summed E-state index contributed by atoms with van der Waals surface area (Å²) in [5.41, 5.74) is 12.1. The van der Waals surface area contributed by atoms with Crippen LogP contribution in [0.5, 0.6) is 0 Å². The molecule has 0 aliphatic carbocycles. The smallest absolute Gasteiger partial charge is 0.277 e. The molecule has 5 N–H and O–H groups in total. The molecule has 0 saturated heterocycles. The Balaban J connectivity index is 2.59. The molecule has 0 aliphatic rings. The van der Waals surface area contributed by atoms with E-state index in [0.717, 1.165) is 5.56 Å². The topological polar surface area (TPSA) is 81.1 Å². The highest BCUT2D eigenvalue weighted by Gasteiger charge is 2.28. The Bertz CT molecular complexity index is 406. The highest BCUT2D eigenvalue weighted by Crippen LogP contribution is 2.13. The number of nitrogens with one attached hydrogen (secondary N) is 1. The summed E-state index contributed by atoms with van der Waals surface area (Å²) in [7, 11) is 0. The molecule has 0 spiro atoms. The molecule has 0 bridgehead atoms. The second kappa shape index (κ2) is 5.88. The van der Waals surface area contributed by atoms with Crippen molar-refractivity contribution in [1.82, 2.24) is 5.32 Å². The highest BCUT2D eigenvalue weighted by molar-refractivity contribution is 5.82. The quantitative estimate of drug-likeness (QED) is 0.726. The standard InChI is InChI=1S/C12H17F2N3O/c1-8-2-4-9(5-3-8)10(16)11(18)17-7-12(13,14)6-15/h2-5,10H,6-7,15-16H2,1H3,(H,17,18). The van der Waals surface area contributed by atoms with Crippen molar-refractivity contribution < 1.29 is 13.6 Å². The number of amides is 1. The second-order valence-electron chi connectivity index (χ2n) is 4.17. The van der Waals surface area contributed by atoms with Crippen molar-refractivity contribution in [2.24, 2.45) is 11.5 Å². The Kier molecular flexibility index (Phi) is 4.75. The molecule has 1 aromatic rings. The lowest BCUT2D eigenvalue weighted by molar-refractivity contribution is -0.124. The first-order valence-electron chi connectivity index (χ1n) is 5.53. The third-order valence-corrected chi connectivity index (χ3v) is 2.54. The number of aryl methyl sites for hydroxylation is 1. The number of rotatable bonds is 5. The summed E-state index contributed by atoms with van der Waals surface area (Å²) in [5, 5.41) is 2.09. The monoisotopic (exact) mass is 257 g/mol. The van der Waals surface area contributed by atoms with E-state index in [4.69, 9.17) is 11.5 Å². The van der Waals surface area contributed by atoms with Gasteiger partial charge in [-0.05, 0) is 12.5 Å². The van der Waals surface area contributed by atoms with Gasteiger partial charge in [0.05, 0.1) is 13.1 Å². The molecule has 1 rings (SSSR count). The van der Waals surface area contributed by atoms with E-state index in [1.807, 2.05) is 6.92 Å². The number of carbonyl (C=O) groups is 1. The molecule has 0 radical (unpaired) electrons. The van der Waals surface area contributed by atoms with Gasteiger partial charge in [0.1, 0.15) is 6.04 Å². The summed E-state index contributed by atoms with van der Waals surface area (Å²) in [6.07, 6.45) is 0. The molecular weight excluding hydrogens is 240 g/mol. The Morgan fingerprint density at radius 2 is 1.94 bits per heavy atom. The summed E-state index contributed by atoms with van der Waals surface area (Å²) < 4.78 is 25.7. The Hall–Kier alpha value is -1.53. The number of hydrogen-bond donors (Lipinski definition) is 3. The van der Waals surface area contributed by atoms with Crippen LogP contribution in [0.4, 0.5) is 8.78 Å². The van der Waals surface area contributed by atoms with Crippen LogP contribution < -0.4 is 16.8 Å². The fourth-order valence-corrected chi connectivity index (χ4v) is 1.32. The van der Waals surface area contributed by atoms with Crippen LogP contribution in [0.3, 0.4) is 0 Å². The van der Waals surface area contributed by atoms with E-state index in [-0.39, 0.29) is 0 Å². The summed E-state index contributed by atoms with van der Waals surface area (Å²) in [5.74, 6) is -3.75. The first kappa shape index (κ1) is 14.5. The molecule has 1 amide bonds. The van der Waals surface area contributed by atoms with Crippen molar-refractivity contribution in [2.45, 2.75) is 18.9 Å². The molecule has 4 nitrogen and oxygen atoms in total. The Labute approximate surface area is 104 Å². The van der Waals surface area contributed by atoms with Crippen LogP contribution in [-0.4, -0.2) is 24.9 Å². The van der Waals surface area contributed by atoms with Gasteiger partial charge in [0, 0.05) is 0 Å². The molecule has 6 heteroatoms. The summed E-state index contributed by atoms with van der Waals surface area (Å²) in [6, 6.07) is 6.04. The van der Waals surface area contributed by atoms with Gasteiger partial charge >= 0.3 is 0 Å². The van der Waals surface area contributed by atoms with Gasteiger partial charge in [0.2, 0.25) is 5.91 Å². The Morgan fingerprint density at radius 3 is 2.44 bits per heavy atom. The average molecular weight is 257 g/mol. The number of benzene rings is 1. The molecule has 18 heavy (non-hydrogen) atoms. The normalized spacial score (nSPS) is 13.2. The number of halogens is 2. The van der Waals surface area contributed by atoms with Crippen LogP contribution in [0.1, 0.15) is 17.2 Å². The van der Waals surface area contributed by atoms with Crippen molar-refractivity contribution in [3.63, 3.8) is 0 Å². The van der Waals surface area contributed by atoms with E-state index in [1.165, 1.54) is 0 Å². The van der Waals surface area contributed by atoms with E-state index in [9.17, 15) is 13.6 Å². The third-order valence-electron chi connectivity index (χ3n) is 2.54. The van der Waals surface area contributed by atoms with E-state index in [0.29, 0.717) is 5.56 Å². The molecule has 1 atom stereocenters. The first-order chi connectivity index (χ1) is 8.35. The Morgan fingerprint density at radius 1 is 1.39 bits per heavy atom. The van der Waals surface area contributed by atoms with Crippen molar-refractivity contribution >= 4 is 5.91 Å². The van der Waals surface area contributed by atoms with Gasteiger partial charge in [0.25, 0.3) is 5.92 Å². The van der Waals surface area contributed by atoms with Crippen LogP contribution in [0.25, 0.3) is 0 Å². The lowest BCUT2D eigenvalue weighted by Crippen LogP contribution is -2.44. The molecule has 1 aromatic carbocycles. The van der Waals surface area contributed by atoms with E-state index >= 15 is 0 Å². The third kappa shape index (κ3) is 4.05. The van der Waals surface area contributed by atoms with Crippen molar-refractivity contribution in [3.05, 3.63) is 35.4 Å². The molecule has 0 saturated carbocycles. The molecular formula is C12H17F2N3O. The van der Waals surface area contributed by atoms with Crippen LogP contribution in [0.15, 0.2) is 24.3 Å². The predicted molar refractivity (Wildman–Crippen MR) is 65.1 cm³/mol. The molecule has 0 aliphatic heterocycles. The number of alkyl halides is 2. The first-order valence-corrected chi connectivity index (χ1v) is 5.53. The largest absolute Gasteiger partial charge is 0.348 e. The van der Waals surface area contributed by atoms with Crippen molar-refractivity contribution in [3.8, 4) is 0 Å². The zero-order valence-electron chi connectivity index (χ0n) is 10.1. The van der Waals surface area contributed by atoms with Crippen LogP contribution in [0, 0.1) is 6.92 Å². The predicted octanol–water partition coefficient (Wildman–Crippen LogP) is 0.705. The molecule has 1 unspecified atom stereocenters. The molecule has 0 heterocycles. The zero-order valence-corrected chi connectivity index (χ0v) is 10.1. The fourth-order valence-electron chi connectivity index (χ4n) is 1.32. The summed E-state index contributed by atoms with van der Waals surface area (Å²) in [4.78, 5) is 11.6. The molecule has 100 valence electrons. The van der Waals surface area contributed by atoms with Gasteiger partial charge < -0.3 is 16.8 Å². The SMILES string of the molecule is Cc1ccc(C(N)C(=O)NCC(F)(F)CN)cc1. The van der Waals surface area contributed by atoms with E-state index < -0.39 is 31.0 Å². The van der Waals surface area contributed by atoms with Gasteiger partial charge in [-0.1, -0.05) is 29.8 Å². The van der Waals surface area contributed by atoms with E-state index in [2.05, 4.69) is 5.32 Å². The van der Waals surface area contributed by atoms with Gasteiger partial charge in [-0.3, -0.25) is 4.79 Å². The van der Waals surface area contributed by atoms with Gasteiger partial charge in [0.15, 0.2) is 0 Å². The van der Waals surface area contributed by atoms with Crippen LogP contribution in [0.2, 0.25) is 0 Å². The maximum absolute atomic E-state index is 12.9. The highest BCUT2D eigenvalue weighted by atomic mass is 19.3. The molecule has 0 fully saturated rings. The minimum Gasteiger partial charge on any atom is -0.348 e. The van der Waals surface area contributed by atoms with Crippen molar-refractivity contribution in [1.29, 1.82) is 0 Å². The van der Waals surface area contributed by atoms with Gasteiger partial charge in [-0.2, -0.15) is 0 Å². The number of nitrogens with two attached hydrogens (primary N) is 2.